The Balaban J connectivity index is 2.13. The van der Waals surface area contributed by atoms with Crippen LogP contribution in [0.3, 0.4) is 0 Å². The van der Waals surface area contributed by atoms with Gasteiger partial charge in [0.15, 0.2) is 0 Å². The van der Waals surface area contributed by atoms with Crippen LogP contribution in [-0.4, -0.2) is 21.3 Å². The first kappa shape index (κ1) is 16.2. The molecule has 24 heavy (non-hydrogen) atoms. The van der Waals surface area contributed by atoms with E-state index < -0.39 is 0 Å². The number of hydrogen-bond donors (Lipinski definition) is 0. The molecule has 3 nitrogen and oxygen atoms in total. The van der Waals surface area contributed by atoms with E-state index in [0.29, 0.717) is 0 Å². The average Bonchev–Trinajstić information content (AvgIpc) is 2.67. The Labute approximate surface area is 143 Å². The van der Waals surface area contributed by atoms with Crippen LogP contribution in [0.25, 0.3) is 16.7 Å². The third-order valence-electron chi connectivity index (χ3n) is 4.26. The molecule has 0 heterocycles. The van der Waals surface area contributed by atoms with E-state index in [1.807, 2.05) is 18.2 Å². The molecule has 1 aliphatic carbocycles. The second-order valence-electron chi connectivity index (χ2n) is 5.66. The molecule has 2 aromatic carbocycles. The van der Waals surface area contributed by atoms with Gasteiger partial charge in [-0.1, -0.05) is 18.2 Å². The van der Waals surface area contributed by atoms with E-state index in [4.69, 9.17) is 14.2 Å². The van der Waals surface area contributed by atoms with Crippen LogP contribution in [0.4, 0.5) is 0 Å². The van der Waals surface area contributed by atoms with Gasteiger partial charge in [-0.3, -0.25) is 0 Å². The van der Waals surface area contributed by atoms with Crippen molar-refractivity contribution in [2.45, 2.75) is 12.8 Å². The number of rotatable bonds is 5. The lowest BCUT2D eigenvalue weighted by Crippen LogP contribution is -1.97. The molecule has 0 radical (unpaired) electrons. The Morgan fingerprint density at radius 1 is 0.792 bits per heavy atom. The van der Waals surface area contributed by atoms with Crippen molar-refractivity contribution in [1.82, 2.24) is 0 Å². The molecule has 0 spiro atoms. The lowest BCUT2D eigenvalue weighted by molar-refractivity contribution is 0.304. The number of hydrogen-bond acceptors (Lipinski definition) is 3. The van der Waals surface area contributed by atoms with Crippen LogP contribution in [0.15, 0.2) is 60.4 Å². The second-order valence-corrected chi connectivity index (χ2v) is 5.66. The Hall–Kier alpha value is -2.68. The average molecular weight is 322 g/mol. The van der Waals surface area contributed by atoms with Gasteiger partial charge in [0.1, 0.15) is 17.3 Å². The minimum atomic E-state index is 0.843. The molecule has 0 unspecified atom stereocenters. The fraction of sp³-hybridized carbons (Fsp3) is 0.238. The second kappa shape index (κ2) is 7.26. The highest BCUT2D eigenvalue weighted by atomic mass is 16.5. The first-order valence-electron chi connectivity index (χ1n) is 8.02. The van der Waals surface area contributed by atoms with Gasteiger partial charge in [-0.15, -0.1) is 0 Å². The summed E-state index contributed by atoms with van der Waals surface area (Å²) in [5.74, 6) is 2.61. The van der Waals surface area contributed by atoms with Gasteiger partial charge >= 0.3 is 0 Å². The smallest absolute Gasteiger partial charge is 0.119 e. The number of benzene rings is 2. The van der Waals surface area contributed by atoms with Gasteiger partial charge < -0.3 is 14.2 Å². The van der Waals surface area contributed by atoms with Gasteiger partial charge in [0, 0.05) is 0 Å². The highest BCUT2D eigenvalue weighted by Gasteiger charge is 2.14. The van der Waals surface area contributed by atoms with Gasteiger partial charge in [-0.25, -0.2) is 0 Å². The van der Waals surface area contributed by atoms with Crippen molar-refractivity contribution in [1.29, 1.82) is 0 Å². The van der Waals surface area contributed by atoms with Crippen molar-refractivity contribution in [2.75, 3.05) is 21.3 Å². The summed E-state index contributed by atoms with van der Waals surface area (Å²) < 4.78 is 16.2. The maximum Gasteiger partial charge on any atom is 0.119 e. The van der Waals surface area contributed by atoms with Crippen LogP contribution in [0.2, 0.25) is 0 Å². The van der Waals surface area contributed by atoms with Crippen molar-refractivity contribution in [2.24, 2.45) is 0 Å². The fourth-order valence-corrected chi connectivity index (χ4v) is 2.99. The molecule has 0 bridgehead atoms. The van der Waals surface area contributed by atoms with Crippen LogP contribution in [-0.2, 0) is 4.74 Å². The maximum absolute atomic E-state index is 5.43. The summed E-state index contributed by atoms with van der Waals surface area (Å²) in [4.78, 5) is 0. The third kappa shape index (κ3) is 3.30. The van der Waals surface area contributed by atoms with E-state index in [9.17, 15) is 0 Å². The molecule has 0 aliphatic heterocycles. The monoisotopic (exact) mass is 322 g/mol. The molecule has 124 valence electrons. The van der Waals surface area contributed by atoms with E-state index in [0.717, 1.165) is 41.2 Å². The minimum Gasteiger partial charge on any atom is -0.497 e. The summed E-state index contributed by atoms with van der Waals surface area (Å²) in [7, 11) is 5.09. The SMILES string of the molecule is COC1=CCCC(c2ccc(OC)cc2-c2cccc(OC)c2)=C1. The molecular weight excluding hydrogens is 300 g/mol. The van der Waals surface area contributed by atoms with Crippen LogP contribution >= 0.6 is 0 Å². The maximum atomic E-state index is 5.43. The highest BCUT2D eigenvalue weighted by molar-refractivity contribution is 5.84. The zero-order valence-electron chi connectivity index (χ0n) is 14.3. The lowest BCUT2D eigenvalue weighted by Gasteiger charge is -2.18. The summed E-state index contributed by atoms with van der Waals surface area (Å²) in [5, 5.41) is 0. The molecule has 0 N–H and O–H groups in total. The topological polar surface area (TPSA) is 27.7 Å². The molecule has 0 saturated carbocycles. The van der Waals surface area contributed by atoms with E-state index in [1.165, 1.54) is 11.1 Å². The fourth-order valence-electron chi connectivity index (χ4n) is 2.99. The molecule has 0 atom stereocenters. The number of allylic oxidation sites excluding steroid dienone is 3. The van der Waals surface area contributed by atoms with Crippen LogP contribution in [0, 0.1) is 0 Å². The van der Waals surface area contributed by atoms with Gasteiger partial charge in [-0.05, 0) is 71.5 Å². The predicted molar refractivity (Wildman–Crippen MR) is 97.3 cm³/mol. The molecule has 3 rings (SSSR count). The summed E-state index contributed by atoms with van der Waals surface area (Å²) in [6.07, 6.45) is 6.22. The quantitative estimate of drug-likeness (QED) is 0.768. The minimum absolute atomic E-state index is 0.843. The first-order valence-corrected chi connectivity index (χ1v) is 8.02. The van der Waals surface area contributed by atoms with Gasteiger partial charge in [-0.2, -0.15) is 0 Å². The van der Waals surface area contributed by atoms with Gasteiger partial charge in [0.05, 0.1) is 21.3 Å². The molecule has 0 aromatic heterocycles. The Bertz CT molecular complexity index is 787. The molecule has 0 fully saturated rings. The van der Waals surface area contributed by atoms with Crippen molar-refractivity contribution in [3.63, 3.8) is 0 Å². The summed E-state index contributed by atoms with van der Waals surface area (Å²) in [6, 6.07) is 14.3. The standard InChI is InChI=1S/C21H22O3/c1-22-17-8-4-6-15(12-17)20-11-10-19(24-3)14-21(20)16-7-5-9-18(13-16)23-2/h5,7-14H,4,6H2,1-3H3. The van der Waals surface area contributed by atoms with Crippen molar-refractivity contribution < 1.29 is 14.2 Å². The summed E-state index contributed by atoms with van der Waals surface area (Å²) in [5.41, 5.74) is 4.72. The van der Waals surface area contributed by atoms with Gasteiger partial charge in [0.2, 0.25) is 0 Å². The Kier molecular flexibility index (Phi) is 4.90. The molecule has 3 heteroatoms. The van der Waals surface area contributed by atoms with Crippen LogP contribution in [0.1, 0.15) is 18.4 Å². The van der Waals surface area contributed by atoms with E-state index in [2.05, 4.69) is 36.4 Å². The van der Waals surface area contributed by atoms with Gasteiger partial charge in [0.25, 0.3) is 0 Å². The predicted octanol–water partition coefficient (Wildman–Crippen LogP) is 5.08. The summed E-state index contributed by atoms with van der Waals surface area (Å²) >= 11 is 0. The zero-order valence-corrected chi connectivity index (χ0v) is 14.3. The van der Waals surface area contributed by atoms with E-state index in [-0.39, 0.29) is 0 Å². The molecule has 2 aromatic rings. The summed E-state index contributed by atoms with van der Waals surface area (Å²) in [6.45, 7) is 0. The molecule has 0 saturated heterocycles. The lowest BCUT2D eigenvalue weighted by atomic mass is 9.89. The van der Waals surface area contributed by atoms with Crippen LogP contribution < -0.4 is 9.47 Å². The number of ether oxygens (including phenoxy) is 3. The highest BCUT2D eigenvalue weighted by Crippen LogP contribution is 2.37. The van der Waals surface area contributed by atoms with Crippen molar-refractivity contribution >= 4 is 5.57 Å². The molecule has 1 aliphatic rings. The Morgan fingerprint density at radius 3 is 2.33 bits per heavy atom. The zero-order chi connectivity index (χ0) is 16.9. The third-order valence-corrected chi connectivity index (χ3v) is 4.26. The molecular formula is C21H22O3. The normalized spacial score (nSPS) is 13.8. The number of methoxy groups -OCH3 is 3. The van der Waals surface area contributed by atoms with Crippen molar-refractivity contribution in [3.8, 4) is 22.6 Å². The largest absolute Gasteiger partial charge is 0.497 e. The first-order chi connectivity index (χ1) is 11.7. The molecule has 0 amide bonds. The van der Waals surface area contributed by atoms with E-state index in [1.54, 1.807) is 21.3 Å². The van der Waals surface area contributed by atoms with Crippen LogP contribution in [0.5, 0.6) is 11.5 Å². The van der Waals surface area contributed by atoms with E-state index >= 15 is 0 Å². The Morgan fingerprint density at radius 2 is 1.58 bits per heavy atom. The van der Waals surface area contributed by atoms with Crippen molar-refractivity contribution in [3.05, 3.63) is 65.9 Å².